The molecule has 43 heavy (non-hydrogen) atoms. The van der Waals surface area contributed by atoms with E-state index in [0.29, 0.717) is 12.8 Å². The largest absolute Gasteiger partial charge is 0.507 e. The highest BCUT2D eigenvalue weighted by Crippen LogP contribution is 2.51. The van der Waals surface area contributed by atoms with Crippen molar-refractivity contribution in [2.45, 2.75) is 66.9 Å². The van der Waals surface area contributed by atoms with Crippen molar-refractivity contribution in [3.05, 3.63) is 71.0 Å². The number of hydrogen-bond donors (Lipinski definition) is 1. The molecule has 1 unspecified atom stereocenters. The number of nitriles is 1. The molecule has 0 saturated carbocycles. The zero-order valence-corrected chi connectivity index (χ0v) is 27.3. The standard InChI is InChI=1S/C29H36N2O9S3/c1-7-16-29(17-8-2)26(32)24(27(33)40-29)25(28(3,41(5,34)35)42(6,36)37)21-10-9-11-22(18-21)31(4)43(38,39)23-14-12-20(19-30)13-15-23/h9-15,18,25,32H,7-8,16-17H2,1-6H3. The lowest BCUT2D eigenvalue weighted by Gasteiger charge is -2.35. The van der Waals surface area contributed by atoms with E-state index in [0.717, 1.165) is 23.7 Å². The van der Waals surface area contributed by atoms with Crippen LogP contribution in [0.3, 0.4) is 0 Å². The number of benzene rings is 2. The smallest absolute Gasteiger partial charge is 0.339 e. The van der Waals surface area contributed by atoms with Crippen LogP contribution in [0.25, 0.3) is 0 Å². The summed E-state index contributed by atoms with van der Waals surface area (Å²) < 4.78 is 84.2. The van der Waals surface area contributed by atoms with Crippen LogP contribution < -0.4 is 4.31 Å². The van der Waals surface area contributed by atoms with Crippen molar-refractivity contribution in [1.82, 2.24) is 0 Å². The van der Waals surface area contributed by atoms with Gasteiger partial charge < -0.3 is 9.84 Å². The van der Waals surface area contributed by atoms with Gasteiger partial charge in [-0.2, -0.15) is 5.26 Å². The molecule has 1 N–H and O–H groups in total. The Bertz CT molecular complexity index is 1770. The number of rotatable bonds is 12. The third kappa shape index (κ3) is 5.90. The molecule has 1 heterocycles. The minimum atomic E-state index is -4.53. The van der Waals surface area contributed by atoms with Crippen molar-refractivity contribution in [1.29, 1.82) is 5.26 Å². The predicted molar refractivity (Wildman–Crippen MR) is 162 cm³/mol. The average Bonchev–Trinajstić information content (AvgIpc) is 3.16. The topological polar surface area (TPSA) is 176 Å². The van der Waals surface area contributed by atoms with Crippen LogP contribution in [0, 0.1) is 11.3 Å². The molecule has 0 radical (unpaired) electrons. The van der Waals surface area contributed by atoms with Crippen LogP contribution in [0.15, 0.2) is 64.8 Å². The summed E-state index contributed by atoms with van der Waals surface area (Å²) in [7, 11) is -12.0. The molecule has 3 rings (SSSR count). The first-order valence-corrected chi connectivity index (χ1v) is 18.7. The lowest BCUT2D eigenvalue weighted by Crippen LogP contribution is -2.49. The molecule has 234 valence electrons. The number of anilines is 1. The van der Waals surface area contributed by atoms with E-state index in [2.05, 4.69) is 0 Å². The van der Waals surface area contributed by atoms with Crippen LogP contribution in [0.1, 0.15) is 63.5 Å². The Morgan fingerprint density at radius 2 is 1.51 bits per heavy atom. The summed E-state index contributed by atoms with van der Waals surface area (Å²) in [4.78, 5) is 13.4. The first kappa shape index (κ1) is 34.1. The van der Waals surface area contributed by atoms with Crippen molar-refractivity contribution in [2.24, 2.45) is 0 Å². The highest BCUT2D eigenvalue weighted by atomic mass is 32.3. The maximum atomic E-state index is 13.5. The second-order valence-corrected chi connectivity index (χ2v) is 17.9. The molecule has 2 aromatic rings. The number of ether oxygens (including phenoxy) is 1. The molecule has 11 nitrogen and oxygen atoms in total. The quantitative estimate of drug-likeness (QED) is 0.330. The number of hydrogen-bond acceptors (Lipinski definition) is 10. The van der Waals surface area contributed by atoms with E-state index in [-0.39, 0.29) is 34.6 Å². The fourth-order valence-electron chi connectivity index (χ4n) is 5.48. The second-order valence-electron chi connectivity index (χ2n) is 10.8. The maximum absolute atomic E-state index is 13.5. The van der Waals surface area contributed by atoms with Crippen molar-refractivity contribution < 1.29 is 39.9 Å². The Hall–Kier alpha value is -3.41. The van der Waals surface area contributed by atoms with Crippen LogP contribution >= 0.6 is 0 Å². The van der Waals surface area contributed by atoms with Gasteiger partial charge in [0.1, 0.15) is 5.76 Å². The van der Waals surface area contributed by atoms with E-state index in [4.69, 9.17) is 10.00 Å². The molecule has 2 aromatic carbocycles. The highest BCUT2D eigenvalue weighted by Gasteiger charge is 2.60. The van der Waals surface area contributed by atoms with Gasteiger partial charge >= 0.3 is 5.97 Å². The minimum Gasteiger partial charge on any atom is -0.507 e. The molecule has 1 aliphatic rings. The molecular weight excluding hydrogens is 617 g/mol. The van der Waals surface area contributed by atoms with Crippen LogP contribution in [0.2, 0.25) is 0 Å². The molecule has 0 saturated heterocycles. The van der Waals surface area contributed by atoms with Gasteiger partial charge in [-0.25, -0.2) is 30.0 Å². The molecule has 0 bridgehead atoms. The lowest BCUT2D eigenvalue weighted by atomic mass is 9.83. The summed E-state index contributed by atoms with van der Waals surface area (Å²) in [6.07, 6.45) is 2.89. The van der Waals surface area contributed by atoms with Crippen LogP contribution in [0.5, 0.6) is 0 Å². The van der Waals surface area contributed by atoms with E-state index in [1.807, 2.05) is 19.9 Å². The number of nitrogens with zero attached hydrogens (tertiary/aromatic N) is 2. The Kier molecular flexibility index (Phi) is 9.46. The van der Waals surface area contributed by atoms with Gasteiger partial charge in [-0.05, 0) is 61.7 Å². The predicted octanol–water partition coefficient (Wildman–Crippen LogP) is 3.98. The summed E-state index contributed by atoms with van der Waals surface area (Å²) >= 11 is 0. The highest BCUT2D eigenvalue weighted by molar-refractivity contribution is 8.09. The van der Waals surface area contributed by atoms with Gasteiger partial charge in [-0.1, -0.05) is 38.8 Å². The van der Waals surface area contributed by atoms with E-state index < -0.39 is 62.6 Å². The number of carbonyl (C=O) groups excluding carboxylic acids is 1. The van der Waals surface area contributed by atoms with Gasteiger partial charge in [0.2, 0.25) is 0 Å². The Balaban J connectivity index is 2.36. The zero-order chi connectivity index (χ0) is 32.6. The van der Waals surface area contributed by atoms with Gasteiger partial charge in [0, 0.05) is 19.6 Å². The van der Waals surface area contributed by atoms with E-state index in [1.165, 1.54) is 55.6 Å². The van der Waals surface area contributed by atoms with Gasteiger partial charge in [-0.15, -0.1) is 0 Å². The molecule has 0 fully saturated rings. The normalized spacial score (nSPS) is 16.4. The number of sulfone groups is 2. The third-order valence-electron chi connectivity index (χ3n) is 8.00. The summed E-state index contributed by atoms with van der Waals surface area (Å²) in [5, 5.41) is 20.6. The summed E-state index contributed by atoms with van der Waals surface area (Å²) in [6.45, 7) is 4.61. The molecule has 0 aromatic heterocycles. The number of sulfonamides is 1. The third-order valence-corrected chi connectivity index (χ3v) is 15.0. The Morgan fingerprint density at radius 1 is 0.977 bits per heavy atom. The number of cyclic esters (lactones) is 1. The van der Waals surface area contributed by atoms with E-state index in [1.54, 1.807) is 0 Å². The van der Waals surface area contributed by atoms with Crippen molar-refractivity contribution in [2.75, 3.05) is 23.9 Å². The van der Waals surface area contributed by atoms with E-state index in [9.17, 15) is 35.2 Å². The number of esters is 1. The van der Waals surface area contributed by atoms with Crippen molar-refractivity contribution >= 4 is 41.4 Å². The molecule has 0 amide bonds. The van der Waals surface area contributed by atoms with Crippen LogP contribution in [-0.2, 0) is 39.2 Å². The van der Waals surface area contributed by atoms with Crippen molar-refractivity contribution in [3.63, 3.8) is 0 Å². The minimum absolute atomic E-state index is 0.0241. The second kappa shape index (κ2) is 11.9. The molecule has 0 spiro atoms. The van der Waals surface area contributed by atoms with Gasteiger partial charge in [0.05, 0.1) is 33.7 Å². The van der Waals surface area contributed by atoms with E-state index >= 15 is 0 Å². The van der Waals surface area contributed by atoms with Crippen molar-refractivity contribution in [3.8, 4) is 6.07 Å². The van der Waals surface area contributed by atoms with Gasteiger partial charge in [0.25, 0.3) is 10.0 Å². The summed E-state index contributed by atoms with van der Waals surface area (Å²) in [5.41, 5.74) is -1.73. The lowest BCUT2D eigenvalue weighted by molar-refractivity contribution is -0.149. The number of aliphatic hydroxyl groups is 1. The fraction of sp³-hybridized carbons (Fsp3) is 0.448. The van der Waals surface area contributed by atoms with Crippen LogP contribution in [0.4, 0.5) is 5.69 Å². The molecule has 1 atom stereocenters. The molecule has 1 aliphatic heterocycles. The summed E-state index contributed by atoms with van der Waals surface area (Å²) in [5.74, 6) is -3.37. The molecule has 0 aliphatic carbocycles. The van der Waals surface area contributed by atoms with Gasteiger partial charge in [-0.3, -0.25) is 4.31 Å². The Morgan fingerprint density at radius 3 is 1.98 bits per heavy atom. The Labute approximate surface area is 253 Å². The fourth-order valence-corrected chi connectivity index (χ4v) is 10.2. The van der Waals surface area contributed by atoms with Crippen LogP contribution in [-0.4, -0.2) is 65.6 Å². The SMILES string of the molecule is CCCC1(CCC)OC(=O)C(C(c2cccc(N(C)S(=O)(=O)c3ccc(C#N)cc3)c2)C(C)(S(C)(=O)=O)S(C)(=O)=O)=C1O. The first-order valence-electron chi connectivity index (χ1n) is 13.5. The number of aliphatic hydroxyl groups excluding tert-OH is 1. The van der Waals surface area contributed by atoms with Gasteiger partial charge in [0.15, 0.2) is 29.4 Å². The summed E-state index contributed by atoms with van der Waals surface area (Å²) in [6, 6.07) is 12.6. The average molecular weight is 653 g/mol. The number of carbonyl (C=O) groups is 1. The zero-order valence-electron chi connectivity index (χ0n) is 24.9. The molecular formula is C29H36N2O9S3. The first-order chi connectivity index (χ1) is 19.8. The molecule has 14 heteroatoms. The monoisotopic (exact) mass is 652 g/mol. The maximum Gasteiger partial charge on any atom is 0.339 e.